The van der Waals surface area contributed by atoms with Crippen LogP contribution >= 0.6 is 0 Å². The molecule has 0 aromatic heterocycles. The topological polar surface area (TPSA) is 0 Å². The third-order valence-electron chi connectivity index (χ3n) is 2.26. The first-order valence-electron chi connectivity index (χ1n) is 3.93. The number of rotatable bonds is 0. The van der Waals surface area contributed by atoms with E-state index in [1.165, 1.54) is 12.8 Å². The molecule has 0 heteroatoms. The minimum absolute atomic E-state index is 0. The molecular formula is C10H14. The molecule has 0 saturated carbocycles. The minimum Gasteiger partial charge on any atom is -0.0620 e. The van der Waals surface area contributed by atoms with Crippen LogP contribution in [0.3, 0.4) is 0 Å². The third-order valence-corrected chi connectivity index (χ3v) is 2.26. The van der Waals surface area contributed by atoms with Crippen LogP contribution in [0, 0.1) is 5.92 Å². The van der Waals surface area contributed by atoms with Crippen LogP contribution in [0.4, 0.5) is 0 Å². The van der Waals surface area contributed by atoms with Crippen LogP contribution in [0.25, 0.3) is 0 Å². The van der Waals surface area contributed by atoms with Crippen LogP contribution < -0.4 is 0 Å². The van der Waals surface area contributed by atoms with Crippen molar-refractivity contribution in [2.45, 2.75) is 19.8 Å². The number of benzene rings is 1. The smallest absolute Gasteiger partial charge is 0 e. The third kappa shape index (κ3) is 0.841. The van der Waals surface area contributed by atoms with Crippen LogP contribution in [0.1, 0.15) is 19.5 Å². The maximum atomic E-state index is 2.32. The maximum absolute atomic E-state index is 2.32. The standard InChI is InChI=1S/C10H12.H2/c1-8-6-9-4-2-3-5-10(9)7-8;/h2-5,8H,6-7H2,1H3;1H/i;1+1. The molecule has 0 bridgehead atoms. The Balaban J connectivity index is 0.000000605. The van der Waals surface area contributed by atoms with E-state index in [0.717, 1.165) is 5.92 Å². The fraction of sp³-hybridized carbons (Fsp3) is 0.400. The monoisotopic (exact) mass is 135 g/mol. The van der Waals surface area contributed by atoms with Crippen molar-refractivity contribution < 1.29 is 1.43 Å². The molecule has 0 saturated heterocycles. The van der Waals surface area contributed by atoms with E-state index in [4.69, 9.17) is 0 Å². The molecule has 1 aromatic rings. The van der Waals surface area contributed by atoms with Crippen molar-refractivity contribution in [1.82, 2.24) is 0 Å². The largest absolute Gasteiger partial charge is 0.0620 e. The molecule has 0 aliphatic heterocycles. The van der Waals surface area contributed by atoms with Gasteiger partial charge in [0.05, 0.1) is 0 Å². The Morgan fingerprint density at radius 3 is 2.20 bits per heavy atom. The predicted molar refractivity (Wildman–Crippen MR) is 45.1 cm³/mol. The number of hydrogen-bond donors (Lipinski definition) is 0. The summed E-state index contributed by atoms with van der Waals surface area (Å²) in [6.07, 6.45) is 2.58. The van der Waals surface area contributed by atoms with E-state index in [9.17, 15) is 0 Å². The molecule has 0 N–H and O–H groups in total. The molecule has 1 aliphatic carbocycles. The SMILES string of the molecule is CC1Cc2ccccc2C1.[2HH]. The van der Waals surface area contributed by atoms with E-state index >= 15 is 0 Å². The molecule has 10 heavy (non-hydrogen) atoms. The molecule has 0 atom stereocenters. The van der Waals surface area contributed by atoms with Crippen molar-refractivity contribution in [3.8, 4) is 0 Å². The lowest BCUT2D eigenvalue weighted by Crippen LogP contribution is -1.89. The lowest BCUT2D eigenvalue weighted by molar-refractivity contribution is 0.628. The molecule has 0 radical (unpaired) electrons. The zero-order valence-corrected chi connectivity index (χ0v) is 6.30. The van der Waals surface area contributed by atoms with Gasteiger partial charge in [-0.3, -0.25) is 0 Å². The summed E-state index contributed by atoms with van der Waals surface area (Å²) in [6, 6.07) is 8.77. The molecule has 0 unspecified atom stereocenters. The first kappa shape index (κ1) is 5.96. The van der Waals surface area contributed by atoms with Crippen LogP contribution in [-0.4, -0.2) is 0 Å². The Hall–Kier alpha value is -0.780. The van der Waals surface area contributed by atoms with E-state index in [2.05, 4.69) is 31.2 Å². The van der Waals surface area contributed by atoms with Crippen LogP contribution in [0.2, 0.25) is 0 Å². The quantitative estimate of drug-likeness (QED) is 0.513. The molecular weight excluding hydrogens is 120 g/mol. The highest BCUT2D eigenvalue weighted by atomic mass is 14.2. The Morgan fingerprint density at radius 2 is 1.70 bits per heavy atom. The van der Waals surface area contributed by atoms with Crippen molar-refractivity contribution in [2.24, 2.45) is 5.92 Å². The highest BCUT2D eigenvalue weighted by Gasteiger charge is 2.15. The lowest BCUT2D eigenvalue weighted by Gasteiger charge is -1.93. The van der Waals surface area contributed by atoms with Crippen molar-refractivity contribution in [2.75, 3.05) is 0 Å². The van der Waals surface area contributed by atoms with Gasteiger partial charge >= 0.3 is 0 Å². The van der Waals surface area contributed by atoms with Gasteiger partial charge in [-0.1, -0.05) is 31.2 Å². The maximum Gasteiger partial charge on any atom is 0 e. The van der Waals surface area contributed by atoms with Crippen LogP contribution in [0.15, 0.2) is 24.3 Å². The van der Waals surface area contributed by atoms with Crippen molar-refractivity contribution in [1.29, 1.82) is 0 Å². The van der Waals surface area contributed by atoms with Gasteiger partial charge in [0.25, 0.3) is 0 Å². The predicted octanol–water partition coefficient (Wildman–Crippen LogP) is 2.67. The Bertz CT molecular complexity index is 217. The van der Waals surface area contributed by atoms with E-state index in [0.29, 0.717) is 0 Å². The molecule has 54 valence electrons. The summed E-state index contributed by atoms with van der Waals surface area (Å²) in [7, 11) is 0. The van der Waals surface area contributed by atoms with Gasteiger partial charge in [-0.25, -0.2) is 0 Å². The number of hydrogen-bond acceptors (Lipinski definition) is 0. The Kier molecular flexibility index (Phi) is 1.26. The van der Waals surface area contributed by atoms with Gasteiger partial charge in [-0.2, -0.15) is 0 Å². The Morgan fingerprint density at radius 1 is 1.20 bits per heavy atom. The molecule has 0 heterocycles. The van der Waals surface area contributed by atoms with Gasteiger partial charge in [0.1, 0.15) is 0 Å². The van der Waals surface area contributed by atoms with E-state index < -0.39 is 0 Å². The van der Waals surface area contributed by atoms with Gasteiger partial charge in [-0.15, -0.1) is 0 Å². The second kappa shape index (κ2) is 2.12. The molecule has 0 amide bonds. The average molecular weight is 135 g/mol. The van der Waals surface area contributed by atoms with E-state index in [-0.39, 0.29) is 1.43 Å². The summed E-state index contributed by atoms with van der Waals surface area (Å²) in [4.78, 5) is 0. The molecule has 1 aliphatic rings. The minimum atomic E-state index is 0. The summed E-state index contributed by atoms with van der Waals surface area (Å²) in [5.74, 6) is 0.873. The van der Waals surface area contributed by atoms with Crippen molar-refractivity contribution in [3.63, 3.8) is 0 Å². The molecule has 1 aromatic carbocycles. The highest BCUT2D eigenvalue weighted by molar-refractivity contribution is 5.31. The average Bonchev–Trinajstić information content (AvgIpc) is 2.27. The number of fused-ring (bicyclic) bond motifs is 1. The Labute approximate surface area is 63.4 Å². The molecule has 0 spiro atoms. The normalized spacial score (nSPS) is 17.3. The van der Waals surface area contributed by atoms with Gasteiger partial charge in [0.2, 0.25) is 0 Å². The summed E-state index contributed by atoms with van der Waals surface area (Å²) in [5, 5.41) is 0. The molecule has 2 rings (SSSR count). The summed E-state index contributed by atoms with van der Waals surface area (Å²) < 4.78 is 0. The summed E-state index contributed by atoms with van der Waals surface area (Å²) >= 11 is 0. The molecule has 0 nitrogen and oxygen atoms in total. The zero-order valence-electron chi connectivity index (χ0n) is 6.30. The van der Waals surface area contributed by atoms with Crippen molar-refractivity contribution in [3.05, 3.63) is 35.4 Å². The fourth-order valence-corrected chi connectivity index (χ4v) is 1.78. The van der Waals surface area contributed by atoms with E-state index in [1.807, 2.05) is 0 Å². The fourth-order valence-electron chi connectivity index (χ4n) is 1.78. The summed E-state index contributed by atoms with van der Waals surface area (Å²) in [6.45, 7) is 2.32. The lowest BCUT2D eigenvalue weighted by atomic mass is 10.1. The van der Waals surface area contributed by atoms with Crippen LogP contribution in [-0.2, 0) is 12.8 Å². The van der Waals surface area contributed by atoms with Gasteiger partial charge in [0, 0.05) is 1.43 Å². The second-order valence-corrected chi connectivity index (χ2v) is 3.28. The van der Waals surface area contributed by atoms with Gasteiger partial charge in [-0.05, 0) is 29.9 Å². The van der Waals surface area contributed by atoms with Gasteiger partial charge in [0.15, 0.2) is 0 Å². The van der Waals surface area contributed by atoms with Crippen LogP contribution in [0.5, 0.6) is 0 Å². The molecule has 0 fully saturated rings. The zero-order chi connectivity index (χ0) is 6.97. The first-order chi connectivity index (χ1) is 4.86. The second-order valence-electron chi connectivity index (χ2n) is 3.28. The highest BCUT2D eigenvalue weighted by Crippen LogP contribution is 2.25. The van der Waals surface area contributed by atoms with E-state index in [1.54, 1.807) is 11.1 Å². The van der Waals surface area contributed by atoms with Gasteiger partial charge < -0.3 is 0 Å². The first-order valence-corrected chi connectivity index (χ1v) is 3.93. The summed E-state index contributed by atoms with van der Waals surface area (Å²) in [5.41, 5.74) is 3.13. The van der Waals surface area contributed by atoms with Crippen molar-refractivity contribution >= 4 is 0 Å².